The number of hydrogen-bond donors (Lipinski definition) is 0. The van der Waals surface area contributed by atoms with Crippen molar-refractivity contribution < 1.29 is 19.1 Å². The van der Waals surface area contributed by atoms with E-state index in [0.717, 1.165) is 0 Å². The second-order valence-electron chi connectivity index (χ2n) is 3.30. The zero-order valence-corrected chi connectivity index (χ0v) is 10.7. The van der Waals surface area contributed by atoms with Gasteiger partial charge in [-0.2, -0.15) is 0 Å². The van der Waals surface area contributed by atoms with Gasteiger partial charge in [-0.05, 0) is 13.3 Å². The molecule has 0 amide bonds. The molecule has 1 unspecified atom stereocenters. The van der Waals surface area contributed by atoms with Gasteiger partial charge in [-0.15, -0.1) is 11.3 Å². The van der Waals surface area contributed by atoms with E-state index in [2.05, 4.69) is 4.98 Å². The number of carbonyl (C=O) groups excluding carboxylic acids is 2. The highest BCUT2D eigenvalue weighted by Crippen LogP contribution is 2.10. The molecular weight excluding hydrogens is 242 g/mol. The van der Waals surface area contributed by atoms with Crippen LogP contribution in [-0.2, 0) is 25.7 Å². The molecule has 0 aliphatic carbocycles. The summed E-state index contributed by atoms with van der Waals surface area (Å²) in [5.41, 5.74) is 2.34. The van der Waals surface area contributed by atoms with E-state index in [-0.39, 0.29) is 13.2 Å². The van der Waals surface area contributed by atoms with Gasteiger partial charge in [-0.1, -0.05) is 6.92 Å². The molecule has 0 saturated heterocycles. The number of esters is 2. The van der Waals surface area contributed by atoms with Crippen LogP contribution in [0.15, 0.2) is 10.9 Å². The summed E-state index contributed by atoms with van der Waals surface area (Å²) in [4.78, 5) is 27.1. The molecule has 0 radical (unpaired) electrons. The molecule has 1 heterocycles. The average molecular weight is 257 g/mol. The van der Waals surface area contributed by atoms with Gasteiger partial charge in [0.1, 0.15) is 6.61 Å². The molecule has 0 aromatic carbocycles. The minimum Gasteiger partial charge on any atom is -0.465 e. The normalized spacial score (nSPS) is 11.9. The highest BCUT2D eigenvalue weighted by molar-refractivity contribution is 7.07. The largest absolute Gasteiger partial charge is 0.465 e. The molecule has 1 aromatic heterocycles. The molecule has 17 heavy (non-hydrogen) atoms. The maximum atomic E-state index is 11.6. The van der Waals surface area contributed by atoms with E-state index in [1.54, 1.807) is 24.7 Å². The first-order valence-corrected chi connectivity index (χ1v) is 6.33. The van der Waals surface area contributed by atoms with Gasteiger partial charge in [0.25, 0.3) is 0 Å². The zero-order chi connectivity index (χ0) is 12.7. The Morgan fingerprint density at radius 2 is 2.06 bits per heavy atom. The van der Waals surface area contributed by atoms with E-state index < -0.39 is 17.9 Å². The van der Waals surface area contributed by atoms with Gasteiger partial charge in [0.2, 0.25) is 0 Å². The summed E-state index contributed by atoms with van der Waals surface area (Å²) in [6, 6.07) is 0. The summed E-state index contributed by atoms with van der Waals surface area (Å²) in [6.45, 7) is 3.80. The van der Waals surface area contributed by atoms with Gasteiger partial charge < -0.3 is 9.47 Å². The number of hydrogen-bond acceptors (Lipinski definition) is 6. The summed E-state index contributed by atoms with van der Waals surface area (Å²) in [5, 5.41) is 1.79. The maximum Gasteiger partial charge on any atom is 0.320 e. The first-order chi connectivity index (χ1) is 8.19. The first kappa shape index (κ1) is 13.6. The lowest BCUT2D eigenvalue weighted by Gasteiger charge is -2.12. The Labute approximate surface area is 104 Å². The fourth-order valence-corrected chi connectivity index (χ4v) is 1.77. The van der Waals surface area contributed by atoms with Crippen LogP contribution < -0.4 is 0 Å². The van der Waals surface area contributed by atoms with Gasteiger partial charge >= 0.3 is 11.9 Å². The fraction of sp³-hybridized carbons (Fsp3) is 0.545. The molecule has 1 atom stereocenters. The first-order valence-electron chi connectivity index (χ1n) is 5.39. The predicted molar refractivity (Wildman–Crippen MR) is 62.3 cm³/mol. The molecule has 1 aromatic rings. The van der Waals surface area contributed by atoms with Gasteiger partial charge in [-0.25, -0.2) is 4.98 Å². The van der Waals surface area contributed by atoms with Crippen LogP contribution in [0.5, 0.6) is 0 Å². The summed E-state index contributed by atoms with van der Waals surface area (Å²) >= 11 is 1.43. The number of rotatable bonds is 6. The summed E-state index contributed by atoms with van der Waals surface area (Å²) in [7, 11) is 0. The number of nitrogens with zero attached hydrogens (tertiary/aromatic N) is 1. The van der Waals surface area contributed by atoms with Crippen molar-refractivity contribution in [1.82, 2.24) is 4.98 Å². The van der Waals surface area contributed by atoms with Crippen molar-refractivity contribution in [3.05, 3.63) is 16.6 Å². The van der Waals surface area contributed by atoms with E-state index in [4.69, 9.17) is 9.47 Å². The molecular formula is C11H15NO4S. The number of aromatic nitrogens is 1. The average Bonchev–Trinajstić information content (AvgIpc) is 2.80. The van der Waals surface area contributed by atoms with Crippen LogP contribution in [0.1, 0.15) is 26.0 Å². The van der Waals surface area contributed by atoms with Crippen LogP contribution in [0.3, 0.4) is 0 Å². The second-order valence-corrected chi connectivity index (χ2v) is 4.02. The van der Waals surface area contributed by atoms with E-state index in [1.807, 2.05) is 0 Å². The number of carbonyl (C=O) groups is 2. The van der Waals surface area contributed by atoms with Gasteiger partial charge in [0, 0.05) is 5.38 Å². The van der Waals surface area contributed by atoms with Crippen molar-refractivity contribution >= 4 is 23.3 Å². The third-order valence-corrected chi connectivity index (χ3v) is 2.74. The van der Waals surface area contributed by atoms with Gasteiger partial charge in [-0.3, -0.25) is 9.59 Å². The van der Waals surface area contributed by atoms with E-state index in [1.165, 1.54) is 11.3 Å². The van der Waals surface area contributed by atoms with Gasteiger partial charge in [0.15, 0.2) is 5.92 Å². The third-order valence-electron chi connectivity index (χ3n) is 2.11. The molecule has 0 N–H and O–H groups in total. The van der Waals surface area contributed by atoms with Crippen molar-refractivity contribution in [1.29, 1.82) is 0 Å². The van der Waals surface area contributed by atoms with Crippen molar-refractivity contribution in [2.24, 2.45) is 5.92 Å². The Morgan fingerprint density at radius 1 is 1.35 bits per heavy atom. The lowest BCUT2D eigenvalue weighted by atomic mass is 10.1. The van der Waals surface area contributed by atoms with E-state index >= 15 is 0 Å². The monoisotopic (exact) mass is 257 g/mol. The third kappa shape index (κ3) is 4.14. The Morgan fingerprint density at radius 3 is 2.59 bits per heavy atom. The van der Waals surface area contributed by atoms with Crippen molar-refractivity contribution in [2.75, 3.05) is 6.61 Å². The molecule has 0 bridgehead atoms. The quantitative estimate of drug-likeness (QED) is 0.574. The zero-order valence-electron chi connectivity index (χ0n) is 9.84. The van der Waals surface area contributed by atoms with Crippen LogP contribution in [0.25, 0.3) is 0 Å². The van der Waals surface area contributed by atoms with Crippen molar-refractivity contribution in [3.8, 4) is 0 Å². The minimum absolute atomic E-state index is 0.0955. The second kappa shape index (κ2) is 7.01. The Kier molecular flexibility index (Phi) is 5.62. The topological polar surface area (TPSA) is 65.5 Å². The Bertz CT molecular complexity index is 364. The van der Waals surface area contributed by atoms with Crippen LogP contribution in [0.2, 0.25) is 0 Å². The van der Waals surface area contributed by atoms with Gasteiger partial charge in [0.05, 0.1) is 17.8 Å². The Hall–Kier alpha value is -1.43. The van der Waals surface area contributed by atoms with E-state index in [9.17, 15) is 9.59 Å². The fourth-order valence-electron chi connectivity index (χ4n) is 1.23. The van der Waals surface area contributed by atoms with Crippen LogP contribution in [-0.4, -0.2) is 23.5 Å². The summed E-state index contributed by atoms with van der Waals surface area (Å²) in [5.74, 6) is -1.93. The lowest BCUT2D eigenvalue weighted by Crippen LogP contribution is -2.27. The van der Waals surface area contributed by atoms with Crippen molar-refractivity contribution in [2.45, 2.75) is 26.9 Å². The molecule has 0 saturated carbocycles. The van der Waals surface area contributed by atoms with Crippen LogP contribution in [0.4, 0.5) is 0 Å². The smallest absolute Gasteiger partial charge is 0.320 e. The molecule has 94 valence electrons. The highest BCUT2D eigenvalue weighted by atomic mass is 32.1. The standard InChI is InChI=1S/C11H15NO4S/c1-3-9(10(13)15-4-2)11(14)16-5-8-6-17-7-12-8/h6-7,9H,3-5H2,1-2H3. The maximum absolute atomic E-state index is 11.6. The summed E-state index contributed by atoms with van der Waals surface area (Å²) < 4.78 is 9.81. The molecule has 0 spiro atoms. The number of thiazole rings is 1. The van der Waals surface area contributed by atoms with Crippen LogP contribution >= 0.6 is 11.3 Å². The SMILES string of the molecule is CCOC(=O)C(CC)C(=O)OCc1cscn1. The minimum atomic E-state index is -0.839. The predicted octanol–water partition coefficient (Wildman–Crippen LogP) is 1.78. The lowest BCUT2D eigenvalue weighted by molar-refractivity contribution is -0.162. The molecule has 1 rings (SSSR count). The van der Waals surface area contributed by atoms with Crippen molar-refractivity contribution in [3.63, 3.8) is 0 Å². The molecule has 0 aliphatic heterocycles. The van der Waals surface area contributed by atoms with Crippen LogP contribution in [0, 0.1) is 5.92 Å². The van der Waals surface area contributed by atoms with E-state index in [0.29, 0.717) is 12.1 Å². The highest BCUT2D eigenvalue weighted by Gasteiger charge is 2.27. The molecule has 0 aliphatic rings. The number of ether oxygens (including phenoxy) is 2. The Balaban J connectivity index is 2.46. The molecule has 6 heteroatoms. The summed E-state index contributed by atoms with van der Waals surface area (Å²) in [6.07, 6.45) is 0.370. The molecule has 5 nitrogen and oxygen atoms in total. The molecule has 0 fully saturated rings.